The molecule has 3 rings (SSSR count). The van der Waals surface area contributed by atoms with Crippen molar-refractivity contribution in [3.05, 3.63) is 12.7 Å². The van der Waals surface area contributed by atoms with Crippen LogP contribution in [0.2, 0.25) is 0 Å². The van der Waals surface area contributed by atoms with E-state index in [2.05, 4.69) is 20.3 Å². The Kier molecular flexibility index (Phi) is 5.39. The molecule has 1 aromatic rings. The van der Waals surface area contributed by atoms with Gasteiger partial charge in [0.25, 0.3) is 0 Å². The molecule has 2 saturated heterocycles. The summed E-state index contributed by atoms with van der Waals surface area (Å²) in [5.74, 6) is 0.921. The van der Waals surface area contributed by atoms with E-state index in [4.69, 9.17) is 0 Å². The number of carbonyl (C=O) groups is 1. The second-order valence-electron chi connectivity index (χ2n) is 6.31. The maximum atomic E-state index is 12.2. The van der Waals surface area contributed by atoms with Crippen LogP contribution in [0.4, 0.5) is 0 Å². The number of amides is 1. The first-order valence-electron chi connectivity index (χ1n) is 8.34. The standard InChI is InChI=1S/C15H26N6O/c22-15(20-8-4-16-5-9-20)3-7-19-6-1-2-14(10-19)11-21-13-17-12-18-21/h12-14,16H,1-11H2. The van der Waals surface area contributed by atoms with Crippen LogP contribution in [0.3, 0.4) is 0 Å². The highest BCUT2D eigenvalue weighted by molar-refractivity contribution is 5.76. The summed E-state index contributed by atoms with van der Waals surface area (Å²) in [7, 11) is 0. The Bertz CT molecular complexity index is 457. The molecule has 0 bridgehead atoms. The van der Waals surface area contributed by atoms with E-state index >= 15 is 0 Å². The molecule has 2 aliphatic rings. The lowest BCUT2D eigenvalue weighted by atomic mass is 9.98. The number of carbonyl (C=O) groups excluding carboxylic acids is 1. The largest absolute Gasteiger partial charge is 0.340 e. The topological polar surface area (TPSA) is 66.3 Å². The first-order chi connectivity index (χ1) is 10.8. The van der Waals surface area contributed by atoms with Gasteiger partial charge in [-0.25, -0.2) is 4.98 Å². The molecule has 7 nitrogen and oxygen atoms in total. The summed E-state index contributed by atoms with van der Waals surface area (Å²) in [6.45, 7) is 7.56. The van der Waals surface area contributed by atoms with Gasteiger partial charge in [-0.05, 0) is 25.3 Å². The molecule has 0 aromatic carbocycles. The maximum absolute atomic E-state index is 12.2. The second-order valence-corrected chi connectivity index (χ2v) is 6.31. The van der Waals surface area contributed by atoms with Crippen molar-refractivity contribution in [1.29, 1.82) is 0 Å². The number of hydrogen-bond acceptors (Lipinski definition) is 5. The minimum atomic E-state index is 0.305. The molecule has 0 radical (unpaired) electrons. The van der Waals surface area contributed by atoms with Crippen LogP contribution in [0.15, 0.2) is 12.7 Å². The van der Waals surface area contributed by atoms with Crippen molar-refractivity contribution in [2.45, 2.75) is 25.8 Å². The fourth-order valence-electron chi connectivity index (χ4n) is 3.42. The Morgan fingerprint density at radius 1 is 1.27 bits per heavy atom. The molecular formula is C15H26N6O. The maximum Gasteiger partial charge on any atom is 0.223 e. The second kappa shape index (κ2) is 7.69. The third-order valence-corrected chi connectivity index (χ3v) is 4.63. The van der Waals surface area contributed by atoms with Crippen LogP contribution in [-0.2, 0) is 11.3 Å². The average molecular weight is 306 g/mol. The van der Waals surface area contributed by atoms with Crippen molar-refractivity contribution < 1.29 is 4.79 Å². The first-order valence-corrected chi connectivity index (χ1v) is 8.34. The predicted octanol–water partition coefficient (Wildman–Crippen LogP) is -0.188. The molecule has 2 aliphatic heterocycles. The molecule has 0 aliphatic carbocycles. The van der Waals surface area contributed by atoms with E-state index < -0.39 is 0 Å². The number of likely N-dealkylation sites (tertiary alicyclic amines) is 1. The average Bonchev–Trinajstić information content (AvgIpc) is 3.07. The van der Waals surface area contributed by atoms with Crippen molar-refractivity contribution in [2.75, 3.05) is 45.8 Å². The lowest BCUT2D eigenvalue weighted by Gasteiger charge is -2.33. The van der Waals surface area contributed by atoms with Gasteiger partial charge in [-0.15, -0.1) is 0 Å². The van der Waals surface area contributed by atoms with Gasteiger partial charge in [0.15, 0.2) is 0 Å². The number of nitrogens with zero attached hydrogens (tertiary/aromatic N) is 5. The molecule has 22 heavy (non-hydrogen) atoms. The Labute approximate surface area is 131 Å². The van der Waals surface area contributed by atoms with Gasteiger partial charge in [0.05, 0.1) is 0 Å². The molecular weight excluding hydrogens is 280 g/mol. The number of rotatable bonds is 5. The molecule has 1 amide bonds. The molecule has 0 saturated carbocycles. The summed E-state index contributed by atoms with van der Waals surface area (Å²) < 4.78 is 1.92. The number of piperidine rings is 1. The van der Waals surface area contributed by atoms with E-state index in [9.17, 15) is 4.79 Å². The van der Waals surface area contributed by atoms with Gasteiger partial charge >= 0.3 is 0 Å². The monoisotopic (exact) mass is 306 g/mol. The summed E-state index contributed by atoms with van der Waals surface area (Å²) >= 11 is 0. The third kappa shape index (κ3) is 4.27. The first kappa shape index (κ1) is 15.4. The molecule has 7 heteroatoms. The van der Waals surface area contributed by atoms with E-state index in [-0.39, 0.29) is 0 Å². The lowest BCUT2D eigenvalue weighted by Crippen LogP contribution is -2.47. The summed E-state index contributed by atoms with van der Waals surface area (Å²) in [6.07, 6.45) is 6.47. The van der Waals surface area contributed by atoms with E-state index in [0.717, 1.165) is 52.4 Å². The number of piperazine rings is 1. The van der Waals surface area contributed by atoms with Gasteiger partial charge in [0.2, 0.25) is 5.91 Å². The Morgan fingerprint density at radius 2 is 2.14 bits per heavy atom. The zero-order chi connectivity index (χ0) is 15.2. The Hall–Kier alpha value is -1.47. The predicted molar refractivity (Wildman–Crippen MR) is 83.3 cm³/mol. The van der Waals surface area contributed by atoms with Crippen LogP contribution in [0.5, 0.6) is 0 Å². The summed E-state index contributed by atoms with van der Waals surface area (Å²) in [5, 5.41) is 7.48. The molecule has 2 fully saturated rings. The van der Waals surface area contributed by atoms with Crippen molar-refractivity contribution in [3.8, 4) is 0 Å². The van der Waals surface area contributed by atoms with E-state index in [1.54, 1.807) is 12.7 Å². The fraction of sp³-hybridized carbons (Fsp3) is 0.800. The number of hydrogen-bond donors (Lipinski definition) is 1. The molecule has 122 valence electrons. The minimum Gasteiger partial charge on any atom is -0.340 e. The fourth-order valence-corrected chi connectivity index (χ4v) is 3.42. The summed E-state index contributed by atoms with van der Waals surface area (Å²) in [5.41, 5.74) is 0. The zero-order valence-corrected chi connectivity index (χ0v) is 13.2. The van der Waals surface area contributed by atoms with Crippen LogP contribution < -0.4 is 5.32 Å². The SMILES string of the molecule is O=C(CCN1CCCC(Cn2cncn2)C1)N1CCNCC1. The van der Waals surface area contributed by atoms with Crippen molar-refractivity contribution in [3.63, 3.8) is 0 Å². The molecule has 0 spiro atoms. The molecule has 3 heterocycles. The van der Waals surface area contributed by atoms with Gasteiger partial charge in [-0.1, -0.05) is 0 Å². The highest BCUT2D eigenvalue weighted by Crippen LogP contribution is 2.18. The van der Waals surface area contributed by atoms with Gasteiger partial charge < -0.3 is 15.1 Å². The molecule has 1 atom stereocenters. The van der Waals surface area contributed by atoms with Crippen molar-refractivity contribution in [2.24, 2.45) is 5.92 Å². The van der Waals surface area contributed by atoms with Gasteiger partial charge in [0, 0.05) is 52.2 Å². The zero-order valence-electron chi connectivity index (χ0n) is 13.2. The number of aromatic nitrogens is 3. The number of nitrogens with one attached hydrogen (secondary N) is 1. The van der Waals surface area contributed by atoms with Crippen LogP contribution in [0.1, 0.15) is 19.3 Å². The lowest BCUT2D eigenvalue weighted by molar-refractivity contribution is -0.132. The third-order valence-electron chi connectivity index (χ3n) is 4.63. The van der Waals surface area contributed by atoms with Crippen LogP contribution in [-0.4, -0.2) is 76.3 Å². The molecule has 1 aromatic heterocycles. The van der Waals surface area contributed by atoms with Crippen molar-refractivity contribution in [1.82, 2.24) is 29.9 Å². The van der Waals surface area contributed by atoms with Crippen LogP contribution in [0.25, 0.3) is 0 Å². The smallest absolute Gasteiger partial charge is 0.223 e. The van der Waals surface area contributed by atoms with Gasteiger partial charge in [-0.3, -0.25) is 9.48 Å². The van der Waals surface area contributed by atoms with Crippen molar-refractivity contribution >= 4 is 5.91 Å². The Balaban J connectivity index is 1.41. The summed E-state index contributed by atoms with van der Waals surface area (Å²) in [6, 6.07) is 0. The van der Waals surface area contributed by atoms with E-state index in [0.29, 0.717) is 18.2 Å². The van der Waals surface area contributed by atoms with E-state index in [1.807, 2.05) is 9.58 Å². The minimum absolute atomic E-state index is 0.305. The quantitative estimate of drug-likeness (QED) is 0.817. The van der Waals surface area contributed by atoms with Crippen LogP contribution >= 0.6 is 0 Å². The normalized spacial score (nSPS) is 23.6. The highest BCUT2D eigenvalue weighted by Gasteiger charge is 2.22. The summed E-state index contributed by atoms with van der Waals surface area (Å²) in [4.78, 5) is 20.7. The van der Waals surface area contributed by atoms with Crippen LogP contribution in [0, 0.1) is 5.92 Å². The molecule has 1 N–H and O–H groups in total. The molecule has 1 unspecified atom stereocenters. The van der Waals surface area contributed by atoms with Gasteiger partial charge in [0.1, 0.15) is 12.7 Å². The highest BCUT2D eigenvalue weighted by atomic mass is 16.2. The van der Waals surface area contributed by atoms with Gasteiger partial charge in [-0.2, -0.15) is 5.10 Å². The van der Waals surface area contributed by atoms with E-state index in [1.165, 1.54) is 12.8 Å². The Morgan fingerprint density at radius 3 is 2.91 bits per heavy atom.